The Morgan fingerprint density at radius 1 is 1.00 bits per heavy atom. The number of thioether (sulfide) groups is 1. The molecule has 1 atom stereocenters. The van der Waals surface area contributed by atoms with Crippen LogP contribution in [0.15, 0.2) is 71.9 Å². The highest BCUT2D eigenvalue weighted by atomic mass is 35.5. The monoisotopic (exact) mass is 521 g/mol. The molecule has 1 heterocycles. The molecule has 0 fully saturated rings. The zero-order valence-electron chi connectivity index (χ0n) is 20.4. The number of anilines is 1. The minimum absolute atomic E-state index is 0.133. The number of benzene rings is 3. The summed E-state index contributed by atoms with van der Waals surface area (Å²) in [6, 6.07) is 20.3. The molecule has 0 aliphatic heterocycles. The summed E-state index contributed by atoms with van der Waals surface area (Å²) in [4.78, 5) is 25.6. The lowest BCUT2D eigenvalue weighted by Crippen LogP contribution is -2.31. The van der Waals surface area contributed by atoms with Gasteiger partial charge in [-0.1, -0.05) is 85.7 Å². The Hall–Kier alpha value is -3.36. The van der Waals surface area contributed by atoms with Gasteiger partial charge in [0, 0.05) is 18.1 Å². The molecule has 0 bridgehead atoms. The van der Waals surface area contributed by atoms with E-state index in [1.165, 1.54) is 11.8 Å². The van der Waals surface area contributed by atoms with Gasteiger partial charge in [0.25, 0.3) is 5.91 Å². The molecule has 0 aliphatic carbocycles. The van der Waals surface area contributed by atoms with E-state index in [-0.39, 0.29) is 23.6 Å². The molecule has 1 aromatic heterocycles. The van der Waals surface area contributed by atoms with Crippen molar-refractivity contribution in [1.29, 1.82) is 0 Å². The topological polar surface area (TPSA) is 88.9 Å². The molecule has 4 rings (SSSR count). The second-order valence-electron chi connectivity index (χ2n) is 8.90. The third kappa shape index (κ3) is 6.06. The number of nitrogens with one attached hydrogen (secondary N) is 2. The van der Waals surface area contributed by atoms with E-state index in [4.69, 9.17) is 11.6 Å². The van der Waals surface area contributed by atoms with Crippen LogP contribution in [0.4, 0.5) is 5.69 Å². The first-order valence-electron chi connectivity index (χ1n) is 11.7. The van der Waals surface area contributed by atoms with Gasteiger partial charge >= 0.3 is 0 Å². The second-order valence-corrected chi connectivity index (χ2v) is 10.2. The lowest BCUT2D eigenvalue weighted by Gasteiger charge is -2.20. The van der Waals surface area contributed by atoms with Crippen LogP contribution in [-0.4, -0.2) is 32.3 Å². The highest BCUT2D eigenvalue weighted by molar-refractivity contribution is 7.99. The lowest BCUT2D eigenvalue weighted by atomic mass is 10.0. The lowest BCUT2D eigenvalue weighted by molar-refractivity contribution is -0.113. The SMILES string of the molecule is CC(C)C[C@H](NC(=O)c1ccccc1Cl)c1nnc(SCC(=O)Nc2cccc3ccccc23)n1C. The standard InChI is InChI=1S/C27H28ClN5O2S/c1-17(2)15-23(30-26(35)20-12-6-7-13-21(20)28)25-31-32-27(33(25)3)36-16-24(34)29-22-14-8-10-18-9-4-5-11-19(18)22/h4-14,17,23H,15-16H2,1-3H3,(H,29,34)(H,30,35)/t23-/m0/s1. The molecule has 7 nitrogen and oxygen atoms in total. The average molecular weight is 522 g/mol. The van der Waals surface area contributed by atoms with Gasteiger partial charge in [-0.25, -0.2) is 0 Å². The zero-order valence-corrected chi connectivity index (χ0v) is 21.9. The highest BCUT2D eigenvalue weighted by Gasteiger charge is 2.24. The number of carbonyl (C=O) groups is 2. The van der Waals surface area contributed by atoms with Gasteiger partial charge in [-0.3, -0.25) is 9.59 Å². The number of nitrogens with zero attached hydrogens (tertiary/aromatic N) is 3. The van der Waals surface area contributed by atoms with Crippen molar-refractivity contribution in [2.45, 2.75) is 31.5 Å². The number of halogens is 1. The number of hydrogen-bond donors (Lipinski definition) is 2. The summed E-state index contributed by atoms with van der Waals surface area (Å²) in [7, 11) is 1.84. The Bertz CT molecular complexity index is 1380. The van der Waals surface area contributed by atoms with E-state index in [1.807, 2.05) is 54.1 Å². The highest BCUT2D eigenvalue weighted by Crippen LogP contribution is 2.26. The molecule has 0 unspecified atom stereocenters. The van der Waals surface area contributed by atoms with Crippen LogP contribution in [0.25, 0.3) is 10.8 Å². The van der Waals surface area contributed by atoms with Crippen molar-refractivity contribution in [2.24, 2.45) is 13.0 Å². The van der Waals surface area contributed by atoms with E-state index in [1.54, 1.807) is 24.3 Å². The maximum Gasteiger partial charge on any atom is 0.253 e. The Morgan fingerprint density at radius 2 is 1.72 bits per heavy atom. The van der Waals surface area contributed by atoms with Crippen LogP contribution in [0, 0.1) is 5.92 Å². The number of amides is 2. The van der Waals surface area contributed by atoms with Gasteiger partial charge in [-0.15, -0.1) is 10.2 Å². The van der Waals surface area contributed by atoms with E-state index in [0.29, 0.717) is 33.9 Å². The second kappa shape index (κ2) is 11.6. The predicted molar refractivity (Wildman–Crippen MR) is 145 cm³/mol. The van der Waals surface area contributed by atoms with Crippen molar-refractivity contribution >= 4 is 51.6 Å². The van der Waals surface area contributed by atoms with Crippen LogP contribution in [0.5, 0.6) is 0 Å². The van der Waals surface area contributed by atoms with Crippen molar-refractivity contribution in [2.75, 3.05) is 11.1 Å². The predicted octanol–water partition coefficient (Wildman–Crippen LogP) is 5.87. The first kappa shape index (κ1) is 25.7. The van der Waals surface area contributed by atoms with Crippen molar-refractivity contribution in [3.05, 3.63) is 83.1 Å². The quantitative estimate of drug-likeness (QED) is 0.269. The molecule has 0 saturated heterocycles. The Morgan fingerprint density at radius 3 is 2.50 bits per heavy atom. The first-order valence-corrected chi connectivity index (χ1v) is 13.0. The van der Waals surface area contributed by atoms with E-state index >= 15 is 0 Å². The van der Waals surface area contributed by atoms with Crippen molar-refractivity contribution in [3.63, 3.8) is 0 Å². The van der Waals surface area contributed by atoms with Crippen LogP contribution in [0.1, 0.15) is 42.5 Å². The third-order valence-electron chi connectivity index (χ3n) is 5.71. The van der Waals surface area contributed by atoms with Gasteiger partial charge in [0.15, 0.2) is 11.0 Å². The van der Waals surface area contributed by atoms with Crippen LogP contribution in [-0.2, 0) is 11.8 Å². The summed E-state index contributed by atoms with van der Waals surface area (Å²) in [5, 5.41) is 17.7. The largest absolute Gasteiger partial charge is 0.342 e. The van der Waals surface area contributed by atoms with Crippen LogP contribution in [0.2, 0.25) is 5.02 Å². The Labute approximate surface area is 219 Å². The van der Waals surface area contributed by atoms with Gasteiger partial charge in [0.1, 0.15) is 0 Å². The molecule has 0 radical (unpaired) electrons. The van der Waals surface area contributed by atoms with Crippen LogP contribution in [0.3, 0.4) is 0 Å². The number of fused-ring (bicyclic) bond motifs is 1. The fourth-order valence-electron chi connectivity index (χ4n) is 3.99. The summed E-state index contributed by atoms with van der Waals surface area (Å²) in [6.07, 6.45) is 0.675. The third-order valence-corrected chi connectivity index (χ3v) is 7.06. The summed E-state index contributed by atoms with van der Waals surface area (Å²) in [6.45, 7) is 4.16. The maximum atomic E-state index is 12.9. The molecule has 9 heteroatoms. The van der Waals surface area contributed by atoms with Gasteiger partial charge in [-0.05, 0) is 35.9 Å². The molecule has 0 saturated carbocycles. The molecular weight excluding hydrogens is 494 g/mol. The number of aromatic nitrogens is 3. The Kier molecular flexibility index (Phi) is 8.28. The van der Waals surface area contributed by atoms with Crippen molar-refractivity contribution < 1.29 is 9.59 Å². The van der Waals surface area contributed by atoms with Crippen molar-refractivity contribution in [1.82, 2.24) is 20.1 Å². The zero-order chi connectivity index (χ0) is 25.7. The fourth-order valence-corrected chi connectivity index (χ4v) is 4.93. The van der Waals surface area contributed by atoms with E-state index in [0.717, 1.165) is 16.5 Å². The van der Waals surface area contributed by atoms with Gasteiger partial charge in [0.05, 0.1) is 22.4 Å². The molecular formula is C27H28ClN5O2S. The number of rotatable bonds is 9. The van der Waals surface area contributed by atoms with Crippen LogP contribution < -0.4 is 10.6 Å². The maximum absolute atomic E-state index is 12.9. The normalized spacial score (nSPS) is 12.0. The number of carbonyl (C=O) groups excluding carboxylic acids is 2. The molecule has 4 aromatic rings. The average Bonchev–Trinajstić information content (AvgIpc) is 3.22. The van der Waals surface area contributed by atoms with Gasteiger partial charge in [0.2, 0.25) is 5.91 Å². The van der Waals surface area contributed by atoms with Crippen LogP contribution >= 0.6 is 23.4 Å². The fraction of sp³-hybridized carbons (Fsp3) is 0.259. The summed E-state index contributed by atoms with van der Waals surface area (Å²) >= 11 is 7.51. The van der Waals surface area contributed by atoms with E-state index < -0.39 is 0 Å². The smallest absolute Gasteiger partial charge is 0.253 e. The minimum atomic E-state index is -0.356. The summed E-state index contributed by atoms with van der Waals surface area (Å²) in [5.74, 6) is 0.710. The first-order chi connectivity index (χ1) is 17.3. The number of hydrogen-bond acceptors (Lipinski definition) is 5. The molecule has 186 valence electrons. The molecule has 36 heavy (non-hydrogen) atoms. The van der Waals surface area contributed by atoms with E-state index in [9.17, 15) is 9.59 Å². The summed E-state index contributed by atoms with van der Waals surface area (Å²) < 4.78 is 1.83. The minimum Gasteiger partial charge on any atom is -0.342 e. The van der Waals surface area contributed by atoms with E-state index in [2.05, 4.69) is 34.7 Å². The Balaban J connectivity index is 1.45. The molecule has 2 N–H and O–H groups in total. The van der Waals surface area contributed by atoms with Gasteiger partial charge in [-0.2, -0.15) is 0 Å². The van der Waals surface area contributed by atoms with Gasteiger partial charge < -0.3 is 15.2 Å². The molecule has 0 spiro atoms. The molecule has 3 aromatic carbocycles. The molecule has 0 aliphatic rings. The summed E-state index contributed by atoms with van der Waals surface area (Å²) in [5.41, 5.74) is 1.19. The molecule has 2 amide bonds. The van der Waals surface area contributed by atoms with Crippen molar-refractivity contribution in [3.8, 4) is 0 Å².